The predicted octanol–water partition coefficient (Wildman–Crippen LogP) is 0.468. The van der Waals surface area contributed by atoms with Gasteiger partial charge >= 0.3 is 12.1 Å². The molecule has 0 aromatic heterocycles. The third-order valence-corrected chi connectivity index (χ3v) is 5.18. The summed E-state index contributed by atoms with van der Waals surface area (Å²) < 4.78 is 4.73. The zero-order valence-electron chi connectivity index (χ0n) is 11.8. The van der Waals surface area contributed by atoms with Crippen molar-refractivity contribution in [2.75, 3.05) is 20.2 Å². The van der Waals surface area contributed by atoms with Crippen LogP contribution in [0.1, 0.15) is 25.7 Å². The second kappa shape index (κ2) is 4.29. The lowest BCUT2D eigenvalue weighted by Gasteiger charge is -2.68. The van der Waals surface area contributed by atoms with Crippen LogP contribution in [0.15, 0.2) is 0 Å². The second-order valence-electron chi connectivity index (χ2n) is 6.44. The van der Waals surface area contributed by atoms with Gasteiger partial charge in [-0.1, -0.05) is 0 Å². The lowest BCUT2D eigenvalue weighted by Crippen LogP contribution is -2.70. The van der Waals surface area contributed by atoms with Crippen LogP contribution in [0.25, 0.3) is 0 Å². The van der Waals surface area contributed by atoms with Gasteiger partial charge < -0.3 is 14.7 Å². The first kappa shape index (κ1) is 14.0. The van der Waals surface area contributed by atoms with Crippen molar-refractivity contribution in [1.82, 2.24) is 4.90 Å². The fourth-order valence-corrected chi connectivity index (χ4v) is 4.09. The molecule has 0 radical (unpaired) electrons. The van der Waals surface area contributed by atoms with Crippen molar-refractivity contribution in [3.63, 3.8) is 0 Å². The molecule has 1 heterocycles. The molecule has 1 aliphatic heterocycles. The zero-order chi connectivity index (χ0) is 15.4. The smallest absolute Gasteiger partial charge is 0.407 e. The number of rotatable bonds is 3. The number of Topliss-reactive ketones (excluding diaryl/α,β-unsaturated/α-hetero) is 2. The van der Waals surface area contributed by atoms with Gasteiger partial charge in [0.1, 0.15) is 5.78 Å². The maximum Gasteiger partial charge on any atom is 0.407 e. The summed E-state index contributed by atoms with van der Waals surface area (Å²) in [5, 5.41) is 9.00. The minimum absolute atomic E-state index is 0.0556. The lowest BCUT2D eigenvalue weighted by molar-refractivity contribution is -0.223. The number of ether oxygens (including phenoxy) is 1. The molecule has 0 aromatic rings. The Kier molecular flexibility index (Phi) is 2.86. The maximum absolute atomic E-state index is 12.6. The third kappa shape index (κ3) is 1.79. The molecule has 1 unspecified atom stereocenters. The van der Waals surface area contributed by atoms with Gasteiger partial charge in [0.15, 0.2) is 5.78 Å². The number of amides is 1. The molecule has 1 atom stereocenters. The third-order valence-electron chi connectivity index (χ3n) is 5.18. The van der Waals surface area contributed by atoms with E-state index in [1.54, 1.807) is 0 Å². The Hall–Kier alpha value is -1.92. The van der Waals surface area contributed by atoms with Crippen LogP contribution in [0.5, 0.6) is 0 Å². The van der Waals surface area contributed by atoms with Crippen molar-refractivity contribution >= 4 is 23.6 Å². The molecule has 1 saturated heterocycles. The first-order valence-corrected chi connectivity index (χ1v) is 6.97. The normalized spacial score (nSPS) is 37.3. The van der Waals surface area contributed by atoms with E-state index < -0.39 is 22.8 Å². The van der Waals surface area contributed by atoms with Crippen molar-refractivity contribution in [2.45, 2.75) is 25.7 Å². The van der Waals surface area contributed by atoms with Crippen molar-refractivity contribution in [3.8, 4) is 0 Å². The molecule has 7 heteroatoms. The highest BCUT2D eigenvalue weighted by Crippen LogP contribution is 2.74. The number of methoxy groups -OCH3 is 1. The van der Waals surface area contributed by atoms with Gasteiger partial charge in [0.2, 0.25) is 0 Å². The predicted molar refractivity (Wildman–Crippen MR) is 68.5 cm³/mol. The summed E-state index contributed by atoms with van der Waals surface area (Å²) in [4.78, 5) is 48.2. The molecule has 3 aliphatic carbocycles. The number of hydrogen-bond acceptors (Lipinski definition) is 5. The Morgan fingerprint density at radius 1 is 1.24 bits per heavy atom. The Balaban J connectivity index is 1.68. The summed E-state index contributed by atoms with van der Waals surface area (Å²) in [7, 11) is 1.33. The Morgan fingerprint density at radius 2 is 1.86 bits per heavy atom. The topological polar surface area (TPSA) is 101 Å². The van der Waals surface area contributed by atoms with Gasteiger partial charge in [-0.3, -0.25) is 14.4 Å². The average molecular weight is 295 g/mol. The maximum atomic E-state index is 12.6. The van der Waals surface area contributed by atoms with Crippen molar-refractivity contribution in [2.24, 2.45) is 16.7 Å². The van der Waals surface area contributed by atoms with Crippen molar-refractivity contribution in [1.29, 1.82) is 0 Å². The minimum atomic E-state index is -1.11. The molecule has 4 aliphatic rings. The molecule has 0 spiro atoms. The molecular formula is C14H17NO6. The Morgan fingerprint density at radius 3 is 2.38 bits per heavy atom. The highest BCUT2D eigenvalue weighted by Gasteiger charge is 2.76. The molecule has 1 N–H and O–H groups in total. The number of carbonyl (C=O) groups excluding carboxylic acids is 3. The first-order chi connectivity index (χ1) is 9.83. The van der Waals surface area contributed by atoms with Crippen LogP contribution in [0.4, 0.5) is 4.79 Å². The fourth-order valence-electron chi connectivity index (χ4n) is 4.09. The molecule has 4 rings (SSSR count). The van der Waals surface area contributed by atoms with E-state index in [4.69, 9.17) is 9.84 Å². The van der Waals surface area contributed by atoms with Gasteiger partial charge in [0.05, 0.1) is 18.4 Å². The molecule has 2 bridgehead atoms. The summed E-state index contributed by atoms with van der Waals surface area (Å²) in [6, 6.07) is 0. The second-order valence-corrected chi connectivity index (χ2v) is 6.44. The number of nitrogens with zero attached hydrogens (tertiary/aromatic N) is 1. The van der Waals surface area contributed by atoms with Crippen LogP contribution < -0.4 is 0 Å². The number of carbonyl (C=O) groups is 4. The first-order valence-electron chi connectivity index (χ1n) is 6.97. The van der Waals surface area contributed by atoms with Gasteiger partial charge in [-0.2, -0.15) is 0 Å². The van der Waals surface area contributed by atoms with Crippen LogP contribution in [-0.2, 0) is 19.1 Å². The van der Waals surface area contributed by atoms with Crippen molar-refractivity contribution in [3.05, 3.63) is 0 Å². The quantitative estimate of drug-likeness (QED) is 0.600. The molecular weight excluding hydrogens is 278 g/mol. The van der Waals surface area contributed by atoms with Crippen LogP contribution >= 0.6 is 0 Å². The van der Waals surface area contributed by atoms with Gasteiger partial charge in [0, 0.05) is 24.9 Å². The van der Waals surface area contributed by atoms with E-state index in [0.717, 1.165) is 4.90 Å². The summed E-state index contributed by atoms with van der Waals surface area (Å²) >= 11 is 0. The summed E-state index contributed by atoms with van der Waals surface area (Å²) in [5.74, 6) is -1.54. The highest BCUT2D eigenvalue weighted by molar-refractivity contribution is 6.08. The summed E-state index contributed by atoms with van der Waals surface area (Å²) in [6.07, 6.45) is 0.275. The molecule has 114 valence electrons. The molecule has 0 aromatic carbocycles. The van der Waals surface area contributed by atoms with Crippen LogP contribution in [0.3, 0.4) is 0 Å². The number of likely N-dealkylation sites (tertiary alicyclic amines) is 1. The van der Waals surface area contributed by atoms with Crippen LogP contribution in [0, 0.1) is 16.7 Å². The summed E-state index contributed by atoms with van der Waals surface area (Å²) in [6.45, 7) is 0.0943. The Bertz CT molecular complexity index is 534. The molecule has 21 heavy (non-hydrogen) atoms. The van der Waals surface area contributed by atoms with Crippen LogP contribution in [-0.4, -0.2) is 53.8 Å². The standard InChI is InChI=1S/C14H17NO6/c1-21-11(18)14-5-13(6-14,7-14)10(17)8-4-15(12(19)20)3-2-9(8)16/h8H,2-7H2,1H3,(H,19,20). The molecule has 4 fully saturated rings. The lowest BCUT2D eigenvalue weighted by atomic mass is 9.33. The van der Waals surface area contributed by atoms with Gasteiger partial charge in [-0.25, -0.2) is 4.79 Å². The fraction of sp³-hybridized carbons (Fsp3) is 0.714. The number of esters is 1. The average Bonchev–Trinajstić information content (AvgIpc) is 2.35. The summed E-state index contributed by atoms with van der Waals surface area (Å²) in [5.41, 5.74) is -1.13. The van der Waals surface area contributed by atoms with E-state index in [1.807, 2.05) is 0 Å². The van der Waals surface area contributed by atoms with E-state index in [0.29, 0.717) is 19.3 Å². The van der Waals surface area contributed by atoms with E-state index in [-0.39, 0.29) is 37.0 Å². The van der Waals surface area contributed by atoms with E-state index >= 15 is 0 Å². The monoisotopic (exact) mass is 295 g/mol. The van der Waals surface area contributed by atoms with Gasteiger partial charge in [0.25, 0.3) is 0 Å². The van der Waals surface area contributed by atoms with Crippen LogP contribution in [0.2, 0.25) is 0 Å². The van der Waals surface area contributed by atoms with E-state index in [1.165, 1.54) is 7.11 Å². The largest absolute Gasteiger partial charge is 0.469 e. The number of piperidine rings is 1. The highest BCUT2D eigenvalue weighted by atomic mass is 16.5. The molecule has 7 nitrogen and oxygen atoms in total. The number of hydrogen-bond donors (Lipinski definition) is 1. The molecule has 1 amide bonds. The minimum Gasteiger partial charge on any atom is -0.469 e. The van der Waals surface area contributed by atoms with Gasteiger partial charge in [-0.15, -0.1) is 0 Å². The number of carboxylic acid groups (broad SMARTS) is 1. The van der Waals surface area contributed by atoms with Gasteiger partial charge in [-0.05, 0) is 19.3 Å². The van der Waals surface area contributed by atoms with Crippen molar-refractivity contribution < 1.29 is 29.0 Å². The number of ketones is 2. The SMILES string of the molecule is COC(=O)C12CC(C(=O)C3CN(C(=O)O)CCC3=O)(C1)C2. The van der Waals surface area contributed by atoms with E-state index in [2.05, 4.69) is 0 Å². The molecule has 3 saturated carbocycles. The zero-order valence-corrected chi connectivity index (χ0v) is 11.8. The van der Waals surface area contributed by atoms with E-state index in [9.17, 15) is 19.2 Å². The Labute approximate surface area is 121 Å².